The van der Waals surface area contributed by atoms with E-state index < -0.39 is 16.0 Å². The second-order valence-corrected chi connectivity index (χ2v) is 7.07. The van der Waals surface area contributed by atoms with E-state index in [-0.39, 0.29) is 22.5 Å². The van der Waals surface area contributed by atoms with E-state index in [0.717, 1.165) is 12.8 Å². The van der Waals surface area contributed by atoms with Crippen LogP contribution in [0.15, 0.2) is 15.4 Å². The summed E-state index contributed by atoms with van der Waals surface area (Å²) >= 11 is 0. The van der Waals surface area contributed by atoms with Crippen LogP contribution in [0, 0.1) is 0 Å². The zero-order valence-electron chi connectivity index (χ0n) is 13.1. The maximum Gasteiger partial charge on any atom is 0.373 e. The lowest BCUT2D eigenvalue weighted by Gasteiger charge is -2.23. The zero-order valence-corrected chi connectivity index (χ0v) is 13.9. The van der Waals surface area contributed by atoms with Crippen LogP contribution in [0.5, 0.6) is 0 Å². The lowest BCUT2D eigenvalue weighted by atomic mass is 10.2. The van der Waals surface area contributed by atoms with Crippen LogP contribution >= 0.6 is 0 Å². The van der Waals surface area contributed by atoms with Crippen molar-refractivity contribution in [3.05, 3.63) is 17.6 Å². The van der Waals surface area contributed by atoms with Gasteiger partial charge >= 0.3 is 5.97 Å². The average Bonchev–Trinajstić information content (AvgIpc) is 3.13. The first-order valence-corrected chi connectivity index (χ1v) is 8.77. The first-order valence-electron chi connectivity index (χ1n) is 7.33. The topological polar surface area (TPSA) is 88.8 Å². The lowest BCUT2D eigenvalue weighted by Crippen LogP contribution is -2.40. The van der Waals surface area contributed by atoms with Gasteiger partial charge in [-0.05, 0) is 19.9 Å². The predicted octanol–water partition coefficient (Wildman–Crippen LogP) is 1.00. The molecule has 1 saturated heterocycles. The van der Waals surface area contributed by atoms with E-state index in [1.807, 2.05) is 0 Å². The van der Waals surface area contributed by atoms with Crippen LogP contribution in [-0.4, -0.2) is 52.0 Å². The van der Waals surface area contributed by atoms with Crippen LogP contribution in [-0.2, 0) is 21.2 Å². The summed E-state index contributed by atoms with van der Waals surface area (Å²) in [4.78, 5) is 11.6. The Bertz CT molecular complexity index is 638. The monoisotopic (exact) mass is 330 g/mol. The number of nitrogens with one attached hydrogen (secondary N) is 1. The van der Waals surface area contributed by atoms with Gasteiger partial charge in [0.25, 0.3) is 0 Å². The van der Waals surface area contributed by atoms with Crippen LogP contribution in [0.3, 0.4) is 0 Å². The first-order chi connectivity index (χ1) is 10.5. The third kappa shape index (κ3) is 3.04. The Hall–Kier alpha value is -1.38. The van der Waals surface area contributed by atoms with E-state index in [2.05, 4.69) is 10.1 Å². The summed E-state index contributed by atoms with van der Waals surface area (Å²) in [6.07, 6.45) is 2.04. The SMILES string of the molecule is CCc1oc(C(=O)OC)cc1S(=O)(=O)N1CCCC1CNC. The number of nitrogens with zero attached hydrogens (tertiary/aromatic N) is 1. The molecule has 1 N–H and O–H groups in total. The third-order valence-electron chi connectivity index (χ3n) is 3.83. The van der Waals surface area contributed by atoms with Crippen molar-refractivity contribution in [1.29, 1.82) is 0 Å². The van der Waals surface area contributed by atoms with Gasteiger partial charge < -0.3 is 14.5 Å². The minimum atomic E-state index is -3.68. The average molecular weight is 330 g/mol. The first kappa shape index (κ1) is 17.0. The predicted molar refractivity (Wildman–Crippen MR) is 80.3 cm³/mol. The molecule has 1 aromatic rings. The number of hydrogen-bond donors (Lipinski definition) is 1. The molecule has 1 aromatic heterocycles. The van der Waals surface area contributed by atoms with Crippen LogP contribution < -0.4 is 5.32 Å². The Morgan fingerprint density at radius 1 is 1.55 bits per heavy atom. The smallest absolute Gasteiger partial charge is 0.373 e. The summed E-state index contributed by atoms with van der Waals surface area (Å²) in [5, 5.41) is 3.02. The maximum atomic E-state index is 12.9. The molecule has 1 unspecified atom stereocenters. The van der Waals surface area contributed by atoms with Gasteiger partial charge in [-0.25, -0.2) is 13.2 Å². The summed E-state index contributed by atoms with van der Waals surface area (Å²) in [6, 6.07) is 1.20. The Morgan fingerprint density at radius 3 is 2.86 bits per heavy atom. The number of carbonyl (C=O) groups is 1. The molecule has 7 nitrogen and oxygen atoms in total. The number of ether oxygens (including phenoxy) is 1. The summed E-state index contributed by atoms with van der Waals surface area (Å²) in [7, 11) is -0.652. The summed E-state index contributed by atoms with van der Waals surface area (Å²) in [5.41, 5.74) is 0. The molecule has 0 aliphatic carbocycles. The van der Waals surface area contributed by atoms with Gasteiger partial charge in [0, 0.05) is 31.6 Å². The highest BCUT2D eigenvalue weighted by Gasteiger charge is 2.37. The van der Waals surface area contributed by atoms with Gasteiger partial charge in [0.2, 0.25) is 15.8 Å². The quantitative estimate of drug-likeness (QED) is 0.783. The van der Waals surface area contributed by atoms with Crippen LogP contribution in [0.25, 0.3) is 0 Å². The molecule has 1 fully saturated rings. The van der Waals surface area contributed by atoms with Crippen LogP contribution in [0.2, 0.25) is 0 Å². The van der Waals surface area contributed by atoms with E-state index in [1.54, 1.807) is 14.0 Å². The van der Waals surface area contributed by atoms with Gasteiger partial charge in [-0.1, -0.05) is 6.92 Å². The molecule has 2 rings (SSSR count). The van der Waals surface area contributed by atoms with E-state index in [4.69, 9.17) is 4.42 Å². The summed E-state index contributed by atoms with van der Waals surface area (Å²) < 4.78 is 37.3. The lowest BCUT2D eigenvalue weighted by molar-refractivity contribution is 0.0563. The highest BCUT2D eigenvalue weighted by Crippen LogP contribution is 2.30. The second kappa shape index (κ2) is 6.80. The van der Waals surface area contributed by atoms with Crippen LogP contribution in [0.1, 0.15) is 36.1 Å². The number of hydrogen-bond acceptors (Lipinski definition) is 6. The van der Waals surface area contributed by atoms with Crippen molar-refractivity contribution < 1.29 is 22.4 Å². The minimum Gasteiger partial charge on any atom is -0.463 e. The maximum absolute atomic E-state index is 12.9. The standard InChI is InChI=1S/C14H22N2O5S/c1-4-11-13(8-12(21-11)14(17)20-3)22(18,19)16-7-5-6-10(16)9-15-2/h8,10,15H,4-7,9H2,1-3H3. The van der Waals surface area contributed by atoms with Crippen molar-refractivity contribution >= 4 is 16.0 Å². The van der Waals surface area contributed by atoms with Gasteiger partial charge in [0.05, 0.1) is 7.11 Å². The number of rotatable bonds is 6. The van der Waals surface area contributed by atoms with Gasteiger partial charge in [0.15, 0.2) is 0 Å². The van der Waals surface area contributed by atoms with Gasteiger partial charge in [-0.3, -0.25) is 0 Å². The van der Waals surface area contributed by atoms with E-state index in [1.165, 1.54) is 17.5 Å². The number of aryl methyl sites for hydroxylation is 1. The fraction of sp³-hybridized carbons (Fsp3) is 0.643. The van der Waals surface area contributed by atoms with Crippen molar-refractivity contribution in [2.24, 2.45) is 0 Å². The number of esters is 1. The van der Waals surface area contributed by atoms with Gasteiger partial charge in [-0.2, -0.15) is 4.31 Å². The molecule has 2 heterocycles. The fourth-order valence-corrected chi connectivity index (χ4v) is 4.69. The number of sulfonamides is 1. The van der Waals surface area contributed by atoms with Crippen molar-refractivity contribution in [2.45, 2.75) is 37.1 Å². The van der Waals surface area contributed by atoms with E-state index in [0.29, 0.717) is 19.5 Å². The Morgan fingerprint density at radius 2 is 2.27 bits per heavy atom. The molecule has 0 saturated carbocycles. The van der Waals surface area contributed by atoms with Gasteiger partial charge in [-0.15, -0.1) is 0 Å². The van der Waals surface area contributed by atoms with E-state index in [9.17, 15) is 13.2 Å². The number of carbonyl (C=O) groups excluding carboxylic acids is 1. The zero-order chi connectivity index (χ0) is 16.3. The molecule has 1 atom stereocenters. The molecule has 1 aliphatic heterocycles. The Kier molecular flexibility index (Phi) is 5.25. The highest BCUT2D eigenvalue weighted by atomic mass is 32.2. The molecule has 0 amide bonds. The number of likely N-dealkylation sites (N-methyl/N-ethyl adjacent to an activating group) is 1. The number of furan rings is 1. The molecule has 0 spiro atoms. The van der Waals surface area contributed by atoms with Crippen molar-refractivity contribution in [3.63, 3.8) is 0 Å². The fourth-order valence-electron chi connectivity index (χ4n) is 2.77. The van der Waals surface area contributed by atoms with Crippen LogP contribution in [0.4, 0.5) is 0 Å². The highest BCUT2D eigenvalue weighted by molar-refractivity contribution is 7.89. The third-order valence-corrected chi connectivity index (χ3v) is 5.83. The molecule has 1 aliphatic rings. The summed E-state index contributed by atoms with van der Waals surface area (Å²) in [5.74, 6) is -0.470. The summed E-state index contributed by atoms with van der Waals surface area (Å²) in [6.45, 7) is 2.87. The molecule has 124 valence electrons. The second-order valence-electron chi connectivity index (χ2n) is 5.21. The molecule has 0 radical (unpaired) electrons. The molecular weight excluding hydrogens is 308 g/mol. The van der Waals surface area contributed by atoms with Crippen molar-refractivity contribution in [3.8, 4) is 0 Å². The van der Waals surface area contributed by atoms with E-state index >= 15 is 0 Å². The van der Waals surface area contributed by atoms with Crippen molar-refractivity contribution in [1.82, 2.24) is 9.62 Å². The largest absolute Gasteiger partial charge is 0.463 e. The minimum absolute atomic E-state index is 0.0680. The van der Waals surface area contributed by atoms with Crippen molar-refractivity contribution in [2.75, 3.05) is 27.2 Å². The molecule has 22 heavy (non-hydrogen) atoms. The Labute approximate surface area is 130 Å². The Balaban J connectivity index is 2.40. The normalized spacial score (nSPS) is 19.5. The molecule has 8 heteroatoms. The molecule has 0 bridgehead atoms. The molecule has 0 aromatic carbocycles. The molecular formula is C14H22N2O5S. The number of methoxy groups -OCH3 is 1. The van der Waals surface area contributed by atoms with Gasteiger partial charge in [0.1, 0.15) is 10.7 Å².